The molecule has 0 amide bonds. The van der Waals surface area contributed by atoms with Gasteiger partial charge in [-0.1, -0.05) is 0 Å². The van der Waals surface area contributed by atoms with Crippen molar-refractivity contribution in [2.75, 3.05) is 6.61 Å². The van der Waals surface area contributed by atoms with E-state index in [-0.39, 0.29) is 34.8 Å². The Hall–Kier alpha value is -3.61. The monoisotopic (exact) mass is 548 g/mol. The highest BCUT2D eigenvalue weighted by molar-refractivity contribution is 5.87. The molecule has 0 unspecified atom stereocenters. The van der Waals surface area contributed by atoms with Gasteiger partial charge in [-0.3, -0.25) is 4.68 Å². The molecule has 3 aromatic heterocycles. The molecule has 1 aromatic carbocycles. The molecule has 204 valence electrons. The Morgan fingerprint density at radius 3 is 2.49 bits per heavy atom. The Balaban J connectivity index is 1.38. The van der Waals surface area contributed by atoms with Crippen LogP contribution in [-0.2, 0) is 10.9 Å². The molecule has 6 rings (SSSR count). The number of halogens is 6. The Kier molecular flexibility index (Phi) is 5.90. The van der Waals surface area contributed by atoms with Crippen molar-refractivity contribution in [2.24, 2.45) is 0 Å². The zero-order valence-corrected chi connectivity index (χ0v) is 20.8. The zero-order valence-electron chi connectivity index (χ0n) is 20.8. The van der Waals surface area contributed by atoms with Crippen molar-refractivity contribution in [2.45, 2.75) is 63.3 Å². The number of aryl methyl sites for hydroxylation is 2. The average molecular weight is 548 g/mol. The van der Waals surface area contributed by atoms with E-state index in [1.165, 1.54) is 10.9 Å². The highest BCUT2D eigenvalue weighted by Gasteiger charge is 2.59. The zero-order chi connectivity index (χ0) is 27.7. The summed E-state index contributed by atoms with van der Waals surface area (Å²) in [6.07, 6.45) is -1.44. The maximum absolute atomic E-state index is 15.1. The molecule has 39 heavy (non-hydrogen) atoms. The normalized spacial score (nSPS) is 22.8. The minimum atomic E-state index is -4.70. The van der Waals surface area contributed by atoms with Gasteiger partial charge in [0.05, 0.1) is 29.3 Å². The van der Waals surface area contributed by atoms with Gasteiger partial charge < -0.3 is 4.74 Å². The molecule has 0 spiro atoms. The van der Waals surface area contributed by atoms with E-state index in [1.807, 2.05) is 0 Å². The Bertz CT molecular complexity index is 1590. The number of aromatic nitrogens is 6. The van der Waals surface area contributed by atoms with Crippen LogP contribution in [0.25, 0.3) is 22.4 Å². The number of rotatable bonds is 4. The lowest BCUT2D eigenvalue weighted by molar-refractivity contribution is -0.137. The first kappa shape index (κ1) is 25.7. The minimum absolute atomic E-state index is 0.0450. The first-order valence-corrected chi connectivity index (χ1v) is 12.3. The SMILES string of the molecule is Cc1nc2nc([C@@H]3CCO[C@H](c4cnn([C@@H]5CC5(F)F)c4)C3)nc(-c3ccc(C(F)(F)F)cc3F)c2nc1C. The van der Waals surface area contributed by atoms with Crippen molar-refractivity contribution in [3.63, 3.8) is 0 Å². The second kappa shape index (κ2) is 8.97. The molecule has 4 heterocycles. The van der Waals surface area contributed by atoms with Crippen LogP contribution in [0.5, 0.6) is 0 Å². The number of fused-ring (bicyclic) bond motifs is 1. The summed E-state index contributed by atoms with van der Waals surface area (Å²) in [6, 6.07) is 1.31. The smallest absolute Gasteiger partial charge is 0.373 e. The van der Waals surface area contributed by atoms with Crippen LogP contribution >= 0.6 is 0 Å². The molecular formula is C26H22F6N6O. The highest BCUT2D eigenvalue weighted by atomic mass is 19.4. The van der Waals surface area contributed by atoms with E-state index in [4.69, 9.17) is 4.74 Å². The lowest BCUT2D eigenvalue weighted by Gasteiger charge is -2.28. The second-order valence-corrected chi connectivity index (χ2v) is 10.0. The number of alkyl halides is 5. The largest absolute Gasteiger partial charge is 0.416 e. The van der Waals surface area contributed by atoms with Crippen LogP contribution < -0.4 is 0 Å². The van der Waals surface area contributed by atoms with Gasteiger partial charge >= 0.3 is 6.18 Å². The van der Waals surface area contributed by atoms with Gasteiger partial charge in [-0.2, -0.15) is 18.3 Å². The fourth-order valence-electron chi connectivity index (χ4n) is 4.82. The fraction of sp³-hybridized carbons (Fsp3) is 0.423. The summed E-state index contributed by atoms with van der Waals surface area (Å²) in [5.74, 6) is -3.81. The molecule has 0 bridgehead atoms. The van der Waals surface area contributed by atoms with E-state index in [0.717, 1.165) is 12.1 Å². The summed E-state index contributed by atoms with van der Waals surface area (Å²) in [5.41, 5.74) is 0.950. The third kappa shape index (κ3) is 4.72. The molecule has 1 saturated carbocycles. The van der Waals surface area contributed by atoms with Gasteiger partial charge in [0.25, 0.3) is 5.92 Å². The molecule has 1 aliphatic heterocycles. The van der Waals surface area contributed by atoms with E-state index >= 15 is 4.39 Å². The van der Waals surface area contributed by atoms with Crippen LogP contribution in [0.2, 0.25) is 0 Å². The molecule has 1 aliphatic carbocycles. The van der Waals surface area contributed by atoms with Gasteiger partial charge in [0.15, 0.2) is 5.65 Å². The van der Waals surface area contributed by atoms with Gasteiger partial charge in [0.2, 0.25) is 0 Å². The van der Waals surface area contributed by atoms with Crippen molar-refractivity contribution < 1.29 is 31.1 Å². The molecule has 0 N–H and O–H groups in total. The van der Waals surface area contributed by atoms with Crippen LogP contribution in [0.4, 0.5) is 26.3 Å². The predicted molar refractivity (Wildman–Crippen MR) is 126 cm³/mol. The van der Waals surface area contributed by atoms with Crippen LogP contribution in [0.15, 0.2) is 30.6 Å². The number of hydrogen-bond donors (Lipinski definition) is 0. The topological polar surface area (TPSA) is 78.6 Å². The van der Waals surface area contributed by atoms with Gasteiger partial charge in [0, 0.05) is 36.3 Å². The molecule has 0 radical (unpaired) electrons. The molecule has 3 atom stereocenters. The summed E-state index contributed by atoms with van der Waals surface area (Å²) >= 11 is 0. The maximum Gasteiger partial charge on any atom is 0.416 e. The summed E-state index contributed by atoms with van der Waals surface area (Å²) in [6.45, 7) is 3.78. The van der Waals surface area contributed by atoms with Gasteiger partial charge in [-0.05, 0) is 44.9 Å². The molecule has 2 fully saturated rings. The molecular weight excluding hydrogens is 526 g/mol. The van der Waals surface area contributed by atoms with Crippen molar-refractivity contribution in [1.29, 1.82) is 0 Å². The van der Waals surface area contributed by atoms with Gasteiger partial charge in [0.1, 0.15) is 28.9 Å². The standard InChI is InChI=1S/C26H22F6N6O/c1-12-13(2)35-24-22(34-12)21(17-4-3-16(8-18(17)27)26(30,31)32)36-23(37-24)14-5-6-39-19(7-14)15-10-33-38(11-15)20-9-25(20,28)29/h3-4,8,10-11,14,19-20H,5-7,9H2,1-2H3/t14-,19+,20-/m1/s1. The highest BCUT2D eigenvalue weighted by Crippen LogP contribution is 2.52. The van der Waals surface area contributed by atoms with Crippen molar-refractivity contribution >= 4 is 11.2 Å². The molecule has 4 aromatic rings. The number of nitrogens with zero attached hydrogens (tertiary/aromatic N) is 6. The third-order valence-corrected chi connectivity index (χ3v) is 7.27. The van der Waals surface area contributed by atoms with Gasteiger partial charge in [-0.25, -0.2) is 33.1 Å². The lowest BCUT2D eigenvalue weighted by Crippen LogP contribution is -2.20. The van der Waals surface area contributed by atoms with Crippen LogP contribution in [0.1, 0.15) is 65.7 Å². The molecule has 1 saturated heterocycles. The lowest BCUT2D eigenvalue weighted by atomic mass is 9.92. The van der Waals surface area contributed by atoms with Crippen molar-refractivity contribution in [1.82, 2.24) is 29.7 Å². The third-order valence-electron chi connectivity index (χ3n) is 7.27. The van der Waals surface area contributed by atoms with Crippen LogP contribution in [-0.4, -0.2) is 42.2 Å². The van der Waals surface area contributed by atoms with E-state index in [0.29, 0.717) is 48.3 Å². The molecule has 2 aliphatic rings. The second-order valence-electron chi connectivity index (χ2n) is 10.0. The fourth-order valence-corrected chi connectivity index (χ4v) is 4.82. The summed E-state index contributed by atoms with van der Waals surface area (Å²) < 4.78 is 88.6. The van der Waals surface area contributed by atoms with Crippen molar-refractivity contribution in [3.05, 3.63) is 64.7 Å². The summed E-state index contributed by atoms with van der Waals surface area (Å²) in [5, 5.41) is 4.08. The Morgan fingerprint density at radius 2 is 1.79 bits per heavy atom. The van der Waals surface area contributed by atoms with E-state index in [9.17, 15) is 22.0 Å². The van der Waals surface area contributed by atoms with E-state index in [1.54, 1.807) is 20.0 Å². The first-order valence-electron chi connectivity index (χ1n) is 12.3. The summed E-state index contributed by atoms with van der Waals surface area (Å²) in [4.78, 5) is 18.2. The maximum atomic E-state index is 15.1. The van der Waals surface area contributed by atoms with Gasteiger partial charge in [-0.15, -0.1) is 0 Å². The molecule has 7 nitrogen and oxygen atoms in total. The molecule has 13 heteroatoms. The van der Waals surface area contributed by atoms with E-state index in [2.05, 4.69) is 25.0 Å². The number of ether oxygens (including phenoxy) is 1. The number of benzene rings is 1. The quantitative estimate of drug-likeness (QED) is 0.280. The predicted octanol–water partition coefficient (Wildman–Crippen LogP) is 6.27. The Morgan fingerprint density at radius 1 is 1.05 bits per heavy atom. The Labute approximate surface area is 218 Å². The van der Waals surface area contributed by atoms with Crippen LogP contribution in [0.3, 0.4) is 0 Å². The first-order chi connectivity index (χ1) is 18.4. The van der Waals surface area contributed by atoms with Crippen LogP contribution in [0, 0.1) is 19.7 Å². The summed E-state index contributed by atoms with van der Waals surface area (Å²) in [7, 11) is 0. The van der Waals surface area contributed by atoms with E-state index < -0.39 is 35.6 Å². The van der Waals surface area contributed by atoms with Crippen molar-refractivity contribution in [3.8, 4) is 11.3 Å². The number of hydrogen-bond acceptors (Lipinski definition) is 6. The average Bonchev–Trinajstić information content (AvgIpc) is 3.28. The minimum Gasteiger partial charge on any atom is -0.373 e.